The maximum absolute atomic E-state index is 11.2. The Bertz CT molecular complexity index is 410. The van der Waals surface area contributed by atoms with Gasteiger partial charge in [-0.25, -0.2) is 4.98 Å². The number of amides is 1. The Morgan fingerprint density at radius 2 is 2.28 bits per heavy atom. The molecule has 0 radical (unpaired) electrons. The minimum Gasteiger partial charge on any atom is -0.476 e. The van der Waals surface area contributed by atoms with Gasteiger partial charge in [0.15, 0.2) is 5.82 Å². The standard InChI is InChI=1S/C11H19N5O2/c1-4-18-11-9(12)10(14-7-15-11)16(3)6-5-8(17)13-2/h7H,4-6,12H2,1-3H3,(H,13,17). The zero-order valence-electron chi connectivity index (χ0n) is 10.9. The Morgan fingerprint density at radius 3 is 2.89 bits per heavy atom. The van der Waals surface area contributed by atoms with Crippen LogP contribution in [-0.4, -0.2) is 43.1 Å². The molecule has 1 aromatic rings. The van der Waals surface area contributed by atoms with Crippen molar-refractivity contribution in [3.63, 3.8) is 0 Å². The van der Waals surface area contributed by atoms with Crippen molar-refractivity contribution in [3.05, 3.63) is 6.33 Å². The molecule has 0 aromatic carbocycles. The fourth-order valence-electron chi connectivity index (χ4n) is 1.43. The Hall–Kier alpha value is -2.05. The Morgan fingerprint density at radius 1 is 1.56 bits per heavy atom. The van der Waals surface area contributed by atoms with Gasteiger partial charge in [-0.05, 0) is 6.92 Å². The molecule has 18 heavy (non-hydrogen) atoms. The van der Waals surface area contributed by atoms with E-state index in [0.29, 0.717) is 37.0 Å². The first kappa shape index (κ1) is 14.0. The van der Waals surface area contributed by atoms with E-state index < -0.39 is 0 Å². The number of ether oxygens (including phenoxy) is 1. The molecular weight excluding hydrogens is 234 g/mol. The predicted molar refractivity (Wildman–Crippen MR) is 69.6 cm³/mol. The van der Waals surface area contributed by atoms with E-state index in [0.717, 1.165) is 0 Å². The van der Waals surface area contributed by atoms with Crippen LogP contribution in [-0.2, 0) is 4.79 Å². The van der Waals surface area contributed by atoms with Crippen LogP contribution < -0.4 is 20.7 Å². The fourth-order valence-corrected chi connectivity index (χ4v) is 1.43. The summed E-state index contributed by atoms with van der Waals surface area (Å²) >= 11 is 0. The molecule has 1 heterocycles. The van der Waals surface area contributed by atoms with Crippen molar-refractivity contribution < 1.29 is 9.53 Å². The zero-order valence-corrected chi connectivity index (χ0v) is 10.9. The summed E-state index contributed by atoms with van der Waals surface area (Å²) in [6.45, 7) is 2.87. The molecule has 7 heteroatoms. The van der Waals surface area contributed by atoms with E-state index in [9.17, 15) is 4.79 Å². The van der Waals surface area contributed by atoms with Crippen molar-refractivity contribution in [1.29, 1.82) is 0 Å². The number of nitrogens with zero attached hydrogens (tertiary/aromatic N) is 3. The highest BCUT2D eigenvalue weighted by Crippen LogP contribution is 2.26. The second kappa shape index (κ2) is 6.63. The van der Waals surface area contributed by atoms with Crippen LogP contribution in [0, 0.1) is 0 Å². The van der Waals surface area contributed by atoms with Gasteiger partial charge in [-0.15, -0.1) is 0 Å². The summed E-state index contributed by atoms with van der Waals surface area (Å²) in [4.78, 5) is 21.0. The van der Waals surface area contributed by atoms with Crippen LogP contribution in [0.5, 0.6) is 5.88 Å². The van der Waals surface area contributed by atoms with Crippen LogP contribution in [0.15, 0.2) is 6.33 Å². The predicted octanol–water partition coefficient (Wildman–Crippen LogP) is 0.0298. The van der Waals surface area contributed by atoms with Crippen molar-refractivity contribution in [2.45, 2.75) is 13.3 Å². The quantitative estimate of drug-likeness (QED) is 0.743. The molecule has 0 saturated heterocycles. The van der Waals surface area contributed by atoms with Gasteiger partial charge in [0.05, 0.1) is 6.61 Å². The molecule has 1 rings (SSSR count). The molecule has 0 fully saturated rings. The second-order valence-electron chi connectivity index (χ2n) is 3.69. The van der Waals surface area contributed by atoms with E-state index in [2.05, 4.69) is 15.3 Å². The lowest BCUT2D eigenvalue weighted by molar-refractivity contribution is -0.120. The third-order valence-electron chi connectivity index (χ3n) is 2.42. The molecule has 1 aromatic heterocycles. The summed E-state index contributed by atoms with van der Waals surface area (Å²) < 4.78 is 5.29. The first-order valence-corrected chi connectivity index (χ1v) is 5.75. The lowest BCUT2D eigenvalue weighted by atomic mass is 10.3. The van der Waals surface area contributed by atoms with Crippen molar-refractivity contribution in [3.8, 4) is 5.88 Å². The van der Waals surface area contributed by atoms with E-state index in [1.54, 1.807) is 11.9 Å². The fraction of sp³-hybridized carbons (Fsp3) is 0.545. The number of carbonyl (C=O) groups is 1. The largest absolute Gasteiger partial charge is 0.476 e. The highest BCUT2D eigenvalue weighted by Gasteiger charge is 2.13. The Balaban J connectivity index is 2.76. The topological polar surface area (TPSA) is 93.4 Å². The molecule has 0 aliphatic rings. The number of carbonyl (C=O) groups excluding carboxylic acids is 1. The summed E-state index contributed by atoms with van der Waals surface area (Å²) in [6, 6.07) is 0. The molecule has 0 spiro atoms. The van der Waals surface area contributed by atoms with Crippen LogP contribution in [0.3, 0.4) is 0 Å². The highest BCUT2D eigenvalue weighted by atomic mass is 16.5. The van der Waals surface area contributed by atoms with Crippen molar-refractivity contribution in [1.82, 2.24) is 15.3 Å². The summed E-state index contributed by atoms with van der Waals surface area (Å²) in [5, 5.41) is 2.56. The van der Waals surface area contributed by atoms with Crippen LogP contribution in [0.2, 0.25) is 0 Å². The summed E-state index contributed by atoms with van der Waals surface area (Å²) in [5.41, 5.74) is 6.30. The number of aromatic nitrogens is 2. The summed E-state index contributed by atoms with van der Waals surface area (Å²) in [6.07, 6.45) is 1.77. The molecule has 1 amide bonds. The van der Waals surface area contributed by atoms with E-state index in [1.165, 1.54) is 6.33 Å². The first-order valence-electron chi connectivity index (χ1n) is 5.75. The van der Waals surface area contributed by atoms with E-state index in [-0.39, 0.29) is 5.91 Å². The van der Waals surface area contributed by atoms with Gasteiger partial charge in [-0.3, -0.25) is 4.79 Å². The van der Waals surface area contributed by atoms with Crippen LogP contribution >= 0.6 is 0 Å². The zero-order chi connectivity index (χ0) is 13.5. The van der Waals surface area contributed by atoms with Gasteiger partial charge < -0.3 is 20.7 Å². The third kappa shape index (κ3) is 3.47. The lowest BCUT2D eigenvalue weighted by Crippen LogP contribution is -2.27. The molecule has 7 nitrogen and oxygen atoms in total. The maximum Gasteiger partial charge on any atom is 0.242 e. The first-order chi connectivity index (χ1) is 8.60. The number of nitrogens with one attached hydrogen (secondary N) is 1. The SMILES string of the molecule is CCOc1ncnc(N(C)CCC(=O)NC)c1N. The van der Waals surface area contributed by atoms with Gasteiger partial charge in [0, 0.05) is 27.1 Å². The smallest absolute Gasteiger partial charge is 0.242 e. The van der Waals surface area contributed by atoms with Crippen molar-refractivity contribution in [2.75, 3.05) is 37.9 Å². The number of nitrogen functional groups attached to an aromatic ring is 1. The number of hydrogen-bond acceptors (Lipinski definition) is 6. The minimum absolute atomic E-state index is 0.0282. The molecule has 0 saturated carbocycles. The van der Waals surface area contributed by atoms with E-state index in [4.69, 9.17) is 10.5 Å². The van der Waals surface area contributed by atoms with Crippen molar-refractivity contribution >= 4 is 17.4 Å². The Kier molecular flexibility index (Phi) is 5.16. The van der Waals surface area contributed by atoms with Crippen LogP contribution in [0.25, 0.3) is 0 Å². The average Bonchev–Trinajstić information content (AvgIpc) is 2.38. The van der Waals surface area contributed by atoms with Gasteiger partial charge in [-0.2, -0.15) is 4.98 Å². The molecule has 100 valence electrons. The molecule has 0 aliphatic carbocycles. The minimum atomic E-state index is -0.0282. The highest BCUT2D eigenvalue weighted by molar-refractivity contribution is 5.76. The van der Waals surface area contributed by atoms with Gasteiger partial charge in [0.2, 0.25) is 11.8 Å². The number of rotatable bonds is 6. The van der Waals surface area contributed by atoms with Gasteiger partial charge in [0.1, 0.15) is 12.0 Å². The number of nitrogens with two attached hydrogens (primary N) is 1. The molecule has 0 unspecified atom stereocenters. The molecule has 0 bridgehead atoms. The van der Waals surface area contributed by atoms with Crippen LogP contribution in [0.1, 0.15) is 13.3 Å². The van der Waals surface area contributed by atoms with E-state index >= 15 is 0 Å². The molecule has 3 N–H and O–H groups in total. The third-order valence-corrected chi connectivity index (χ3v) is 2.42. The lowest BCUT2D eigenvalue weighted by Gasteiger charge is -2.20. The van der Waals surface area contributed by atoms with Crippen LogP contribution in [0.4, 0.5) is 11.5 Å². The van der Waals surface area contributed by atoms with Gasteiger partial charge in [0.25, 0.3) is 0 Å². The number of hydrogen-bond donors (Lipinski definition) is 2. The number of anilines is 2. The average molecular weight is 253 g/mol. The summed E-state index contributed by atoms with van der Waals surface area (Å²) in [7, 11) is 3.42. The molecular formula is C11H19N5O2. The Labute approximate surface area is 106 Å². The van der Waals surface area contributed by atoms with Crippen molar-refractivity contribution in [2.24, 2.45) is 0 Å². The molecule has 0 atom stereocenters. The normalized spacial score (nSPS) is 9.94. The second-order valence-corrected chi connectivity index (χ2v) is 3.69. The molecule has 0 aliphatic heterocycles. The van der Waals surface area contributed by atoms with E-state index in [1.807, 2.05) is 14.0 Å². The van der Waals surface area contributed by atoms with Gasteiger partial charge in [-0.1, -0.05) is 0 Å². The maximum atomic E-state index is 11.2. The summed E-state index contributed by atoms with van der Waals surface area (Å²) in [5.74, 6) is 0.908. The monoisotopic (exact) mass is 253 g/mol. The van der Waals surface area contributed by atoms with Gasteiger partial charge >= 0.3 is 0 Å².